The Labute approximate surface area is 111 Å². The molecule has 18 heavy (non-hydrogen) atoms. The van der Waals surface area contributed by atoms with Crippen LogP contribution in [-0.4, -0.2) is 0 Å². The van der Waals surface area contributed by atoms with Crippen molar-refractivity contribution in [3.05, 3.63) is 59.9 Å². The third kappa shape index (κ3) is 3.34. The van der Waals surface area contributed by atoms with Gasteiger partial charge in [0.1, 0.15) is 5.82 Å². The van der Waals surface area contributed by atoms with Gasteiger partial charge in [-0.15, -0.1) is 0 Å². The molecule has 0 saturated carbocycles. The summed E-state index contributed by atoms with van der Waals surface area (Å²) in [4.78, 5) is 2.00. The molecule has 0 aromatic heterocycles. The highest BCUT2D eigenvalue weighted by molar-refractivity contribution is 7.99. The molecule has 0 saturated heterocycles. The van der Waals surface area contributed by atoms with Crippen LogP contribution in [0.4, 0.5) is 4.39 Å². The first-order valence-corrected chi connectivity index (χ1v) is 6.79. The maximum atomic E-state index is 13.1. The predicted molar refractivity (Wildman–Crippen MR) is 74.2 cm³/mol. The molecule has 1 atom stereocenters. The Bertz CT molecular complexity index is 510. The Morgan fingerprint density at radius 1 is 1.11 bits per heavy atom. The van der Waals surface area contributed by atoms with Crippen LogP contribution in [0.2, 0.25) is 0 Å². The molecular weight excluding hydrogens is 245 g/mol. The minimum Gasteiger partial charge on any atom is -0.324 e. The smallest absolute Gasteiger partial charge is 0.124 e. The van der Waals surface area contributed by atoms with E-state index in [0.29, 0.717) is 0 Å². The number of nitrogens with two attached hydrogens (primary N) is 1. The van der Waals surface area contributed by atoms with E-state index in [-0.39, 0.29) is 11.9 Å². The quantitative estimate of drug-likeness (QED) is 0.883. The first kappa shape index (κ1) is 13.1. The zero-order valence-corrected chi connectivity index (χ0v) is 11.1. The van der Waals surface area contributed by atoms with E-state index in [2.05, 4.69) is 6.92 Å². The summed E-state index contributed by atoms with van der Waals surface area (Å²) in [6.45, 7) is 2.07. The maximum absolute atomic E-state index is 13.1. The molecule has 0 heterocycles. The van der Waals surface area contributed by atoms with E-state index < -0.39 is 0 Å². The van der Waals surface area contributed by atoms with Crippen molar-refractivity contribution < 1.29 is 4.39 Å². The predicted octanol–water partition coefficient (Wildman–Crippen LogP) is 4.39. The zero-order chi connectivity index (χ0) is 13.0. The van der Waals surface area contributed by atoms with Crippen molar-refractivity contribution >= 4 is 11.8 Å². The van der Waals surface area contributed by atoms with Crippen molar-refractivity contribution in [3.8, 4) is 0 Å². The summed E-state index contributed by atoms with van der Waals surface area (Å²) >= 11 is 1.55. The lowest BCUT2D eigenvalue weighted by Gasteiger charge is -2.09. The fraction of sp³-hybridized carbons (Fsp3) is 0.200. The van der Waals surface area contributed by atoms with Crippen LogP contribution in [0, 0.1) is 5.82 Å². The van der Waals surface area contributed by atoms with Gasteiger partial charge in [-0.25, -0.2) is 4.39 Å². The normalized spacial score (nSPS) is 12.4. The molecular formula is C15H16FNS. The lowest BCUT2D eigenvalue weighted by atomic mass is 10.1. The molecule has 1 nitrogen and oxygen atoms in total. The van der Waals surface area contributed by atoms with Gasteiger partial charge in [-0.05, 0) is 42.3 Å². The summed E-state index contributed by atoms with van der Waals surface area (Å²) in [5.41, 5.74) is 7.10. The monoisotopic (exact) mass is 261 g/mol. The first-order chi connectivity index (χ1) is 8.69. The van der Waals surface area contributed by atoms with Crippen LogP contribution in [0.25, 0.3) is 0 Å². The Balaban J connectivity index is 2.11. The van der Waals surface area contributed by atoms with Gasteiger partial charge in [0.15, 0.2) is 0 Å². The number of halogens is 1. The molecule has 0 bridgehead atoms. The average molecular weight is 261 g/mol. The van der Waals surface area contributed by atoms with Gasteiger partial charge in [0.25, 0.3) is 0 Å². The Morgan fingerprint density at radius 3 is 2.44 bits per heavy atom. The van der Waals surface area contributed by atoms with Gasteiger partial charge in [-0.3, -0.25) is 0 Å². The van der Waals surface area contributed by atoms with Crippen molar-refractivity contribution in [3.63, 3.8) is 0 Å². The molecule has 94 valence electrons. The maximum Gasteiger partial charge on any atom is 0.124 e. The fourth-order valence-electron chi connectivity index (χ4n) is 1.69. The molecule has 0 spiro atoms. The van der Waals surface area contributed by atoms with E-state index >= 15 is 0 Å². The second kappa shape index (κ2) is 6.03. The van der Waals surface area contributed by atoms with E-state index in [4.69, 9.17) is 5.73 Å². The van der Waals surface area contributed by atoms with E-state index in [1.807, 2.05) is 30.3 Å². The van der Waals surface area contributed by atoms with Crippen LogP contribution < -0.4 is 5.73 Å². The number of hydrogen-bond donors (Lipinski definition) is 1. The molecule has 3 heteroatoms. The zero-order valence-electron chi connectivity index (χ0n) is 10.3. The van der Waals surface area contributed by atoms with Gasteiger partial charge < -0.3 is 5.73 Å². The Kier molecular flexibility index (Phi) is 4.39. The van der Waals surface area contributed by atoms with Crippen molar-refractivity contribution in [2.45, 2.75) is 29.2 Å². The van der Waals surface area contributed by atoms with Gasteiger partial charge in [0.05, 0.1) is 0 Å². The molecule has 0 aliphatic carbocycles. The van der Waals surface area contributed by atoms with Crippen LogP contribution in [0.3, 0.4) is 0 Å². The topological polar surface area (TPSA) is 26.0 Å². The summed E-state index contributed by atoms with van der Waals surface area (Å²) in [5, 5.41) is 0. The van der Waals surface area contributed by atoms with Crippen molar-refractivity contribution in [1.82, 2.24) is 0 Å². The summed E-state index contributed by atoms with van der Waals surface area (Å²) in [6.07, 6.45) is 0.927. The standard InChI is InChI=1S/C15H16FNS/c1-2-15(17)11-6-8-13(9-7-11)18-14-5-3-4-12(16)10-14/h3-10,15H,2,17H2,1H3. The largest absolute Gasteiger partial charge is 0.324 e. The van der Waals surface area contributed by atoms with Gasteiger partial charge >= 0.3 is 0 Å². The van der Waals surface area contributed by atoms with Crippen LogP contribution in [-0.2, 0) is 0 Å². The molecule has 0 amide bonds. The van der Waals surface area contributed by atoms with Crippen molar-refractivity contribution in [2.75, 3.05) is 0 Å². The Hall–Kier alpha value is -1.32. The van der Waals surface area contributed by atoms with Crippen molar-refractivity contribution in [1.29, 1.82) is 0 Å². The summed E-state index contributed by atoms with van der Waals surface area (Å²) < 4.78 is 13.1. The number of hydrogen-bond acceptors (Lipinski definition) is 2. The summed E-state index contributed by atoms with van der Waals surface area (Å²) in [5.74, 6) is -0.204. The second-order valence-corrected chi connectivity index (χ2v) is 5.29. The highest BCUT2D eigenvalue weighted by Gasteiger charge is 2.03. The Morgan fingerprint density at radius 2 is 1.83 bits per heavy atom. The van der Waals surface area contributed by atoms with Gasteiger partial charge in [-0.1, -0.05) is 36.9 Å². The second-order valence-electron chi connectivity index (χ2n) is 4.14. The molecule has 2 aromatic rings. The molecule has 0 radical (unpaired) electrons. The van der Waals surface area contributed by atoms with Crippen molar-refractivity contribution in [2.24, 2.45) is 5.73 Å². The third-order valence-electron chi connectivity index (χ3n) is 2.78. The minimum absolute atomic E-state index is 0.0956. The third-order valence-corrected chi connectivity index (χ3v) is 3.78. The molecule has 2 rings (SSSR count). The van der Waals surface area contributed by atoms with E-state index in [0.717, 1.165) is 21.8 Å². The molecule has 2 aromatic carbocycles. The highest BCUT2D eigenvalue weighted by atomic mass is 32.2. The summed E-state index contributed by atoms with van der Waals surface area (Å²) in [6, 6.07) is 14.8. The lowest BCUT2D eigenvalue weighted by molar-refractivity contribution is 0.624. The SMILES string of the molecule is CCC(N)c1ccc(Sc2cccc(F)c2)cc1. The van der Waals surface area contributed by atoms with Crippen LogP contribution in [0.1, 0.15) is 24.9 Å². The minimum atomic E-state index is -0.204. The molecule has 0 aliphatic rings. The number of benzene rings is 2. The number of rotatable bonds is 4. The van der Waals surface area contributed by atoms with Gasteiger partial charge in [0.2, 0.25) is 0 Å². The van der Waals surface area contributed by atoms with E-state index in [1.165, 1.54) is 12.1 Å². The molecule has 0 aliphatic heterocycles. The van der Waals surface area contributed by atoms with Crippen LogP contribution >= 0.6 is 11.8 Å². The van der Waals surface area contributed by atoms with Gasteiger partial charge in [-0.2, -0.15) is 0 Å². The lowest BCUT2D eigenvalue weighted by Crippen LogP contribution is -2.07. The van der Waals surface area contributed by atoms with Gasteiger partial charge in [0, 0.05) is 15.8 Å². The highest BCUT2D eigenvalue weighted by Crippen LogP contribution is 2.28. The average Bonchev–Trinajstić information content (AvgIpc) is 2.39. The van der Waals surface area contributed by atoms with Crippen LogP contribution in [0.5, 0.6) is 0 Å². The van der Waals surface area contributed by atoms with E-state index in [1.54, 1.807) is 17.8 Å². The molecule has 1 unspecified atom stereocenters. The summed E-state index contributed by atoms with van der Waals surface area (Å²) in [7, 11) is 0. The molecule has 2 N–H and O–H groups in total. The van der Waals surface area contributed by atoms with E-state index in [9.17, 15) is 4.39 Å². The van der Waals surface area contributed by atoms with Crippen LogP contribution in [0.15, 0.2) is 58.3 Å². The molecule has 0 fully saturated rings. The fourth-order valence-corrected chi connectivity index (χ4v) is 2.55. The first-order valence-electron chi connectivity index (χ1n) is 5.98.